The molecule has 0 bridgehead atoms. The predicted octanol–water partition coefficient (Wildman–Crippen LogP) is 5.73. The van der Waals surface area contributed by atoms with E-state index in [1.165, 1.54) is 53.5 Å². The number of ether oxygens (including phenoxy) is 1. The second-order valence-electron chi connectivity index (χ2n) is 7.27. The Morgan fingerprint density at radius 1 is 1.32 bits per heavy atom. The van der Waals surface area contributed by atoms with E-state index in [0.717, 1.165) is 6.34 Å². The Morgan fingerprint density at radius 2 is 2.06 bits per heavy atom. The van der Waals surface area contributed by atoms with Gasteiger partial charge in [0.15, 0.2) is 0 Å². The Labute approximate surface area is 195 Å². The average molecular weight is 494 g/mol. The molecule has 1 aliphatic heterocycles. The van der Waals surface area contributed by atoms with Crippen molar-refractivity contribution in [2.24, 2.45) is 4.99 Å². The van der Waals surface area contributed by atoms with Gasteiger partial charge in [-0.05, 0) is 48.4 Å². The first-order valence-electron chi connectivity index (χ1n) is 9.85. The fourth-order valence-electron chi connectivity index (χ4n) is 3.65. The quantitative estimate of drug-likeness (QED) is 0.190. The van der Waals surface area contributed by atoms with Gasteiger partial charge in [-0.25, -0.2) is 18.8 Å². The molecule has 0 saturated carbocycles. The third-order valence-electron chi connectivity index (χ3n) is 5.10. The second-order valence-corrected chi connectivity index (χ2v) is 7.71. The average Bonchev–Trinajstić information content (AvgIpc) is 3.11. The molecule has 12 heteroatoms. The highest BCUT2D eigenvalue weighted by Gasteiger charge is 2.29. The molecule has 0 spiro atoms. The molecule has 0 aliphatic carbocycles. The van der Waals surface area contributed by atoms with E-state index in [-0.39, 0.29) is 17.7 Å². The summed E-state index contributed by atoms with van der Waals surface area (Å²) >= 11 is 4.74. The van der Waals surface area contributed by atoms with Crippen LogP contribution in [0, 0.1) is 5.41 Å². The number of rotatable bonds is 7. The standard InChI is InChI=1S/C22H16ClF4N5O2/c23-22(26,27)34-15-4-2-14(3-5-15)31-21(33)13-7-16-12(9-29-10-28)1-6-18(20(24)25)32-11-30-17(8-13)19(16)32/h1-5,7-11,18,20,28H,6H2,(H,31,33)/t18-/m1/s1. The normalized spacial score (nSPS) is 15.9. The van der Waals surface area contributed by atoms with Crippen LogP contribution in [0.15, 0.2) is 53.8 Å². The summed E-state index contributed by atoms with van der Waals surface area (Å²) in [6.45, 7) is 0. The molecule has 0 fully saturated rings. The molecule has 34 heavy (non-hydrogen) atoms. The van der Waals surface area contributed by atoms with Crippen molar-refractivity contribution in [1.29, 1.82) is 5.41 Å². The molecule has 1 amide bonds. The van der Waals surface area contributed by atoms with Crippen LogP contribution in [0.1, 0.15) is 28.4 Å². The first-order chi connectivity index (χ1) is 16.2. The second kappa shape index (κ2) is 9.26. The topological polar surface area (TPSA) is 92.4 Å². The molecule has 0 unspecified atom stereocenters. The number of anilines is 1. The Kier molecular flexibility index (Phi) is 6.38. The number of amides is 1. The van der Waals surface area contributed by atoms with Gasteiger partial charge in [-0.15, -0.1) is 8.78 Å². The number of aliphatic imine (C=N–C) groups is 1. The largest absolute Gasteiger partial charge is 0.487 e. The summed E-state index contributed by atoms with van der Waals surface area (Å²) < 4.78 is 58.5. The van der Waals surface area contributed by atoms with E-state index in [9.17, 15) is 22.4 Å². The lowest BCUT2D eigenvalue weighted by Gasteiger charge is -2.16. The van der Waals surface area contributed by atoms with Crippen molar-refractivity contribution < 1.29 is 27.1 Å². The molecule has 3 aromatic rings. The van der Waals surface area contributed by atoms with Crippen molar-refractivity contribution in [3.63, 3.8) is 0 Å². The molecule has 2 aromatic carbocycles. The van der Waals surface area contributed by atoms with Gasteiger partial charge in [0.25, 0.3) is 12.3 Å². The van der Waals surface area contributed by atoms with Crippen LogP contribution in [0.2, 0.25) is 0 Å². The lowest BCUT2D eigenvalue weighted by Crippen LogP contribution is -2.16. The van der Waals surface area contributed by atoms with Gasteiger partial charge in [-0.3, -0.25) is 10.2 Å². The molecule has 4 rings (SSSR count). The number of halogens is 5. The van der Waals surface area contributed by atoms with Gasteiger partial charge in [0.1, 0.15) is 12.1 Å². The number of allylic oxidation sites excluding steroid dienone is 2. The highest BCUT2D eigenvalue weighted by molar-refractivity contribution is 6.20. The Morgan fingerprint density at radius 3 is 2.71 bits per heavy atom. The molecule has 1 aromatic heterocycles. The number of nitrogens with zero attached hydrogens (tertiary/aromatic N) is 3. The van der Waals surface area contributed by atoms with Crippen molar-refractivity contribution in [3.05, 3.63) is 59.9 Å². The van der Waals surface area contributed by atoms with Crippen LogP contribution < -0.4 is 10.1 Å². The highest BCUT2D eigenvalue weighted by atomic mass is 35.5. The first kappa shape index (κ1) is 23.4. The van der Waals surface area contributed by atoms with Gasteiger partial charge >= 0.3 is 5.57 Å². The van der Waals surface area contributed by atoms with E-state index in [2.05, 4.69) is 20.0 Å². The minimum absolute atomic E-state index is 0.00839. The fourth-order valence-corrected chi connectivity index (χ4v) is 3.74. The highest BCUT2D eigenvalue weighted by Crippen LogP contribution is 2.35. The van der Waals surface area contributed by atoms with Crippen LogP contribution in [0.25, 0.3) is 16.6 Å². The number of carbonyl (C=O) groups is 1. The zero-order valence-electron chi connectivity index (χ0n) is 17.2. The summed E-state index contributed by atoms with van der Waals surface area (Å²) in [7, 11) is 0. The van der Waals surface area contributed by atoms with Crippen molar-refractivity contribution in [2.75, 3.05) is 5.32 Å². The molecule has 2 heterocycles. The maximum Gasteiger partial charge on any atom is 0.487 e. The van der Waals surface area contributed by atoms with E-state index in [0.29, 0.717) is 27.9 Å². The Bertz CT molecular complexity index is 1300. The van der Waals surface area contributed by atoms with E-state index < -0.39 is 23.9 Å². The maximum absolute atomic E-state index is 13.7. The van der Waals surface area contributed by atoms with Crippen LogP contribution >= 0.6 is 11.6 Å². The SMILES string of the molecule is N=CN=CC1=CC[C@H](C(F)F)n2cnc3cc(C(=O)Nc4ccc(OC(F)(F)Cl)cc4)cc1c32. The van der Waals surface area contributed by atoms with Crippen LogP contribution in [0.4, 0.5) is 23.2 Å². The van der Waals surface area contributed by atoms with E-state index in [1.807, 2.05) is 0 Å². The summed E-state index contributed by atoms with van der Waals surface area (Å²) in [5, 5.41) is 9.76. The Balaban J connectivity index is 1.69. The smallest absolute Gasteiger partial charge is 0.420 e. The van der Waals surface area contributed by atoms with Crippen molar-refractivity contribution in [1.82, 2.24) is 9.55 Å². The van der Waals surface area contributed by atoms with E-state index in [4.69, 9.17) is 17.0 Å². The number of imidazole rings is 1. The van der Waals surface area contributed by atoms with Crippen molar-refractivity contribution >= 4 is 52.4 Å². The molecule has 0 radical (unpaired) electrons. The number of benzene rings is 2. The summed E-state index contributed by atoms with van der Waals surface area (Å²) in [6.07, 6.45) is 2.43. The van der Waals surface area contributed by atoms with Crippen molar-refractivity contribution in [2.45, 2.75) is 24.5 Å². The van der Waals surface area contributed by atoms with Gasteiger partial charge < -0.3 is 14.6 Å². The summed E-state index contributed by atoms with van der Waals surface area (Å²) in [5.74, 6) is -0.735. The number of aromatic nitrogens is 2. The molecule has 0 saturated heterocycles. The van der Waals surface area contributed by atoms with Gasteiger partial charge in [0.05, 0.1) is 23.4 Å². The Hall–Kier alpha value is -3.73. The van der Waals surface area contributed by atoms with Gasteiger partial charge in [0.2, 0.25) is 0 Å². The monoisotopic (exact) mass is 493 g/mol. The predicted molar refractivity (Wildman–Crippen MR) is 120 cm³/mol. The van der Waals surface area contributed by atoms with Crippen LogP contribution in [-0.4, -0.2) is 40.0 Å². The van der Waals surface area contributed by atoms with Gasteiger partial charge in [-0.1, -0.05) is 6.08 Å². The maximum atomic E-state index is 13.7. The minimum Gasteiger partial charge on any atom is -0.420 e. The number of hydrogen-bond acceptors (Lipinski definition) is 4. The third kappa shape index (κ3) is 4.93. The molecular weight excluding hydrogens is 478 g/mol. The van der Waals surface area contributed by atoms with Gasteiger partial charge in [0, 0.05) is 34.6 Å². The number of hydrogen-bond donors (Lipinski definition) is 2. The van der Waals surface area contributed by atoms with Crippen molar-refractivity contribution in [3.8, 4) is 5.75 Å². The summed E-state index contributed by atoms with van der Waals surface area (Å²) in [5.41, 5.74) is -1.70. The third-order valence-corrected chi connectivity index (χ3v) is 5.18. The zero-order chi connectivity index (χ0) is 24.5. The molecule has 2 N–H and O–H groups in total. The van der Waals surface area contributed by atoms with Gasteiger partial charge in [-0.2, -0.15) is 0 Å². The molecule has 7 nitrogen and oxygen atoms in total. The molecule has 176 valence electrons. The number of carbonyl (C=O) groups excluding carboxylic acids is 1. The lowest BCUT2D eigenvalue weighted by molar-refractivity contribution is -0.0964. The molecular formula is C22H16ClF4N5O2. The van der Waals surface area contributed by atoms with E-state index in [1.54, 1.807) is 6.08 Å². The minimum atomic E-state index is -3.86. The molecule has 1 atom stereocenters. The van der Waals surface area contributed by atoms with Crippen LogP contribution in [0.3, 0.4) is 0 Å². The summed E-state index contributed by atoms with van der Waals surface area (Å²) in [6, 6.07) is 6.98. The fraction of sp³-hybridized carbons (Fsp3) is 0.182. The lowest BCUT2D eigenvalue weighted by atomic mass is 10.0. The van der Waals surface area contributed by atoms with Crippen LogP contribution in [-0.2, 0) is 0 Å². The zero-order valence-corrected chi connectivity index (χ0v) is 17.9. The first-order valence-corrected chi connectivity index (χ1v) is 10.2. The summed E-state index contributed by atoms with van der Waals surface area (Å²) in [4.78, 5) is 20.9. The number of alkyl halides is 5. The van der Waals surface area contributed by atoms with Crippen LogP contribution in [0.5, 0.6) is 5.75 Å². The molecule has 1 aliphatic rings. The number of nitrogens with one attached hydrogen (secondary N) is 2. The van der Waals surface area contributed by atoms with E-state index >= 15 is 0 Å².